The Balaban J connectivity index is 2.74. The minimum atomic E-state index is -0.410. The molecule has 5 heteroatoms. The molecule has 1 aromatic rings. The van der Waals surface area contributed by atoms with Crippen LogP contribution in [0.25, 0.3) is 0 Å². The molecule has 0 amide bonds. The summed E-state index contributed by atoms with van der Waals surface area (Å²) in [6.07, 6.45) is 1.70. The summed E-state index contributed by atoms with van der Waals surface area (Å²) in [7, 11) is 1.31. The highest BCUT2D eigenvalue weighted by atomic mass is 32.1. The quantitative estimate of drug-likeness (QED) is 0.683. The van der Waals surface area contributed by atoms with Gasteiger partial charge in [-0.15, -0.1) is 11.3 Å². The van der Waals surface area contributed by atoms with Crippen molar-refractivity contribution < 1.29 is 14.3 Å². The molecule has 1 heterocycles. The van der Waals surface area contributed by atoms with Gasteiger partial charge in [0.2, 0.25) is 0 Å². The number of Topliss-reactive ketones (excluding diaryl/α,β-unsaturated/α-hetero) is 1. The van der Waals surface area contributed by atoms with Crippen molar-refractivity contribution in [1.29, 1.82) is 0 Å². The van der Waals surface area contributed by atoms with Crippen LogP contribution >= 0.6 is 11.3 Å². The van der Waals surface area contributed by atoms with E-state index in [0.717, 1.165) is 0 Å². The van der Waals surface area contributed by atoms with Gasteiger partial charge in [0.1, 0.15) is 15.7 Å². The van der Waals surface area contributed by atoms with Crippen LogP contribution in [0.15, 0.2) is 6.20 Å². The lowest BCUT2D eigenvalue weighted by Crippen LogP contribution is -1.97. The standard InChI is InChI=1S/C8H9NO3S/c1-5(10)3-7-9-4-6(13-7)8(11)12-2/h4H,3H2,1-2H3. The average Bonchev–Trinajstić information content (AvgIpc) is 2.50. The van der Waals surface area contributed by atoms with Crippen LogP contribution in [-0.2, 0) is 16.0 Å². The van der Waals surface area contributed by atoms with Crippen LogP contribution in [0.1, 0.15) is 21.6 Å². The highest BCUT2D eigenvalue weighted by Crippen LogP contribution is 2.14. The van der Waals surface area contributed by atoms with Crippen LogP contribution in [-0.4, -0.2) is 23.8 Å². The van der Waals surface area contributed by atoms with Crippen molar-refractivity contribution in [2.45, 2.75) is 13.3 Å². The summed E-state index contributed by atoms with van der Waals surface area (Å²) in [5.41, 5.74) is 0. The zero-order valence-corrected chi connectivity index (χ0v) is 8.18. The van der Waals surface area contributed by atoms with Crippen molar-refractivity contribution in [2.75, 3.05) is 7.11 Å². The summed E-state index contributed by atoms with van der Waals surface area (Å²) in [5, 5.41) is 0.646. The maximum absolute atomic E-state index is 11.0. The van der Waals surface area contributed by atoms with Crippen LogP contribution in [0.5, 0.6) is 0 Å². The summed E-state index contributed by atoms with van der Waals surface area (Å²) < 4.78 is 4.50. The minimum Gasteiger partial charge on any atom is -0.465 e. The van der Waals surface area contributed by atoms with Crippen LogP contribution < -0.4 is 0 Å². The first-order valence-corrected chi connectivity index (χ1v) is 4.47. The Hall–Kier alpha value is -1.23. The van der Waals surface area contributed by atoms with Crippen LogP contribution in [0.3, 0.4) is 0 Å². The topological polar surface area (TPSA) is 56.3 Å². The second-order valence-electron chi connectivity index (χ2n) is 2.49. The number of ether oxygens (including phenoxy) is 1. The van der Waals surface area contributed by atoms with Gasteiger partial charge in [-0.3, -0.25) is 4.79 Å². The molecule has 1 aromatic heterocycles. The molecule has 1 rings (SSSR count). The predicted molar refractivity (Wildman–Crippen MR) is 47.8 cm³/mol. The van der Waals surface area contributed by atoms with Crippen molar-refractivity contribution in [2.24, 2.45) is 0 Å². The van der Waals surface area contributed by atoms with Gasteiger partial charge in [-0.1, -0.05) is 0 Å². The fourth-order valence-corrected chi connectivity index (χ4v) is 1.71. The van der Waals surface area contributed by atoms with Crippen molar-refractivity contribution in [3.8, 4) is 0 Å². The molecule has 0 atom stereocenters. The largest absolute Gasteiger partial charge is 0.465 e. The van der Waals surface area contributed by atoms with E-state index < -0.39 is 5.97 Å². The first-order valence-electron chi connectivity index (χ1n) is 3.66. The van der Waals surface area contributed by atoms with Crippen LogP contribution in [0.2, 0.25) is 0 Å². The third kappa shape index (κ3) is 2.62. The molecule has 0 radical (unpaired) electrons. The first-order chi connectivity index (χ1) is 6.13. The van der Waals surface area contributed by atoms with E-state index in [1.54, 1.807) is 0 Å². The molecule has 0 unspecified atom stereocenters. The number of hydrogen-bond donors (Lipinski definition) is 0. The fourth-order valence-electron chi connectivity index (χ4n) is 0.800. The summed E-state index contributed by atoms with van der Waals surface area (Å²) in [6.45, 7) is 1.49. The molecule has 0 spiro atoms. The molecule has 0 saturated heterocycles. The third-order valence-corrected chi connectivity index (χ3v) is 2.32. The molecular formula is C8H9NO3S. The van der Waals surface area contributed by atoms with Gasteiger partial charge in [-0.25, -0.2) is 9.78 Å². The maximum atomic E-state index is 11.0. The number of ketones is 1. The Kier molecular flexibility index (Phi) is 3.13. The van der Waals surface area contributed by atoms with Crippen molar-refractivity contribution in [3.05, 3.63) is 16.1 Å². The van der Waals surface area contributed by atoms with Crippen LogP contribution in [0, 0.1) is 0 Å². The molecule has 0 bridgehead atoms. The van der Waals surface area contributed by atoms with Gasteiger partial charge in [-0.2, -0.15) is 0 Å². The van der Waals surface area contributed by atoms with Gasteiger partial charge in [0.25, 0.3) is 0 Å². The number of methoxy groups -OCH3 is 1. The number of thiazole rings is 1. The van der Waals surface area contributed by atoms with Crippen molar-refractivity contribution in [3.63, 3.8) is 0 Å². The zero-order valence-electron chi connectivity index (χ0n) is 7.36. The molecule has 0 aliphatic carbocycles. The fraction of sp³-hybridized carbons (Fsp3) is 0.375. The van der Waals surface area contributed by atoms with E-state index >= 15 is 0 Å². The second-order valence-corrected chi connectivity index (χ2v) is 3.60. The Morgan fingerprint density at radius 2 is 2.31 bits per heavy atom. The van der Waals surface area contributed by atoms with E-state index in [1.807, 2.05) is 0 Å². The van der Waals surface area contributed by atoms with Gasteiger partial charge in [0.05, 0.1) is 19.7 Å². The second kappa shape index (κ2) is 4.13. The highest BCUT2D eigenvalue weighted by Gasteiger charge is 2.10. The van der Waals surface area contributed by atoms with E-state index in [2.05, 4.69) is 9.72 Å². The smallest absolute Gasteiger partial charge is 0.349 e. The number of carbonyl (C=O) groups is 2. The van der Waals surface area contributed by atoms with E-state index in [0.29, 0.717) is 9.88 Å². The normalized spacial score (nSPS) is 9.69. The molecule has 13 heavy (non-hydrogen) atoms. The van der Waals surface area contributed by atoms with Gasteiger partial charge in [0.15, 0.2) is 0 Å². The lowest BCUT2D eigenvalue weighted by atomic mass is 10.3. The van der Waals surface area contributed by atoms with E-state index in [1.165, 1.54) is 31.6 Å². The van der Waals surface area contributed by atoms with Gasteiger partial charge < -0.3 is 4.74 Å². The molecule has 0 N–H and O–H groups in total. The summed E-state index contributed by atoms with van der Waals surface area (Å²) in [5.74, 6) is -0.377. The minimum absolute atomic E-state index is 0.0331. The molecule has 0 saturated carbocycles. The number of hydrogen-bond acceptors (Lipinski definition) is 5. The van der Waals surface area contributed by atoms with E-state index in [4.69, 9.17) is 0 Å². The molecule has 0 fully saturated rings. The van der Waals surface area contributed by atoms with E-state index in [-0.39, 0.29) is 12.2 Å². The number of rotatable bonds is 3. The first kappa shape index (κ1) is 9.85. The maximum Gasteiger partial charge on any atom is 0.349 e. The van der Waals surface area contributed by atoms with Crippen molar-refractivity contribution >= 4 is 23.1 Å². The lowest BCUT2D eigenvalue weighted by Gasteiger charge is -1.90. The Morgan fingerprint density at radius 1 is 1.62 bits per heavy atom. The Bertz CT molecular complexity index is 332. The Labute approximate surface area is 79.6 Å². The summed E-state index contributed by atoms with van der Waals surface area (Å²) >= 11 is 1.19. The Morgan fingerprint density at radius 3 is 2.85 bits per heavy atom. The van der Waals surface area contributed by atoms with Gasteiger partial charge >= 0.3 is 5.97 Å². The number of nitrogens with zero attached hydrogens (tertiary/aromatic N) is 1. The predicted octanol–water partition coefficient (Wildman–Crippen LogP) is 1.06. The van der Waals surface area contributed by atoms with E-state index in [9.17, 15) is 9.59 Å². The molecule has 70 valence electrons. The lowest BCUT2D eigenvalue weighted by molar-refractivity contribution is -0.116. The summed E-state index contributed by atoms with van der Waals surface area (Å²) in [4.78, 5) is 26.0. The molecule has 0 aromatic carbocycles. The SMILES string of the molecule is COC(=O)c1cnc(CC(C)=O)s1. The molecule has 4 nitrogen and oxygen atoms in total. The molecule has 0 aliphatic heterocycles. The number of aromatic nitrogens is 1. The third-order valence-electron chi connectivity index (χ3n) is 1.34. The van der Waals surface area contributed by atoms with Gasteiger partial charge in [0, 0.05) is 0 Å². The van der Waals surface area contributed by atoms with Crippen molar-refractivity contribution in [1.82, 2.24) is 4.98 Å². The molecular weight excluding hydrogens is 190 g/mol. The summed E-state index contributed by atoms with van der Waals surface area (Å²) in [6, 6.07) is 0. The molecule has 0 aliphatic rings. The number of esters is 1. The monoisotopic (exact) mass is 199 g/mol. The average molecular weight is 199 g/mol. The van der Waals surface area contributed by atoms with Crippen LogP contribution in [0.4, 0.5) is 0 Å². The zero-order chi connectivity index (χ0) is 9.84. The van der Waals surface area contributed by atoms with Gasteiger partial charge in [-0.05, 0) is 6.92 Å². The number of carbonyl (C=O) groups excluding carboxylic acids is 2. The highest BCUT2D eigenvalue weighted by molar-refractivity contribution is 7.13.